The van der Waals surface area contributed by atoms with Gasteiger partial charge in [0.1, 0.15) is 0 Å². The van der Waals surface area contributed by atoms with Gasteiger partial charge < -0.3 is 10.6 Å². The number of rotatable bonds is 3. The molecule has 1 aliphatic heterocycles. The molecule has 0 bridgehead atoms. The van der Waals surface area contributed by atoms with Gasteiger partial charge in [0.15, 0.2) is 0 Å². The summed E-state index contributed by atoms with van der Waals surface area (Å²) >= 11 is 0. The lowest BCUT2D eigenvalue weighted by molar-refractivity contribution is 0.542. The summed E-state index contributed by atoms with van der Waals surface area (Å²) in [6.45, 7) is 6.80. The van der Waals surface area contributed by atoms with Crippen LogP contribution in [0.2, 0.25) is 0 Å². The van der Waals surface area contributed by atoms with Gasteiger partial charge in [-0.1, -0.05) is 17.7 Å². The lowest BCUT2D eigenvalue weighted by Gasteiger charge is -2.34. The number of nitrogens with two attached hydrogens (primary N) is 1. The Kier molecular flexibility index (Phi) is 3.30. The number of benzene rings is 1. The monoisotopic (exact) mass is 258 g/mol. The molecule has 19 heavy (non-hydrogen) atoms. The Morgan fingerprint density at radius 1 is 1.16 bits per heavy atom. The molecule has 1 aliphatic carbocycles. The van der Waals surface area contributed by atoms with Crippen LogP contribution in [0.3, 0.4) is 0 Å². The zero-order valence-electron chi connectivity index (χ0n) is 12.3. The molecule has 2 aliphatic rings. The minimum absolute atomic E-state index is 0.262. The molecular weight excluding hydrogens is 232 g/mol. The van der Waals surface area contributed by atoms with E-state index >= 15 is 0 Å². The third-order valence-corrected chi connectivity index (χ3v) is 5.05. The molecule has 2 fully saturated rings. The molecule has 2 nitrogen and oxygen atoms in total. The minimum atomic E-state index is 0.262. The SMILES string of the molecule is Cc1ccc(N2CCCCC2)c(C2(C(C)N)CC2)c1. The number of hydrogen-bond donors (Lipinski definition) is 1. The summed E-state index contributed by atoms with van der Waals surface area (Å²) in [5.74, 6) is 0. The van der Waals surface area contributed by atoms with E-state index in [4.69, 9.17) is 5.73 Å². The summed E-state index contributed by atoms with van der Waals surface area (Å²) in [6.07, 6.45) is 6.57. The standard InChI is InChI=1S/C17H26N2/c1-13-6-7-16(19-10-4-3-5-11-19)15(12-13)17(8-9-17)14(2)18/h6-7,12,14H,3-5,8-11,18H2,1-2H3. The van der Waals surface area contributed by atoms with Crippen molar-refractivity contribution in [2.24, 2.45) is 5.73 Å². The third kappa shape index (κ3) is 2.27. The molecule has 1 heterocycles. The number of aryl methyl sites for hydroxylation is 1. The normalized spacial score (nSPS) is 23.2. The van der Waals surface area contributed by atoms with Crippen molar-refractivity contribution in [3.05, 3.63) is 29.3 Å². The molecule has 1 unspecified atom stereocenters. The molecule has 2 N–H and O–H groups in total. The van der Waals surface area contributed by atoms with Crippen LogP contribution in [0.25, 0.3) is 0 Å². The van der Waals surface area contributed by atoms with Crippen molar-refractivity contribution in [3.8, 4) is 0 Å². The summed E-state index contributed by atoms with van der Waals surface area (Å²) in [7, 11) is 0. The molecule has 1 aromatic carbocycles. The maximum Gasteiger partial charge on any atom is 0.0405 e. The summed E-state index contributed by atoms with van der Waals surface area (Å²) in [5.41, 5.74) is 10.9. The van der Waals surface area contributed by atoms with E-state index in [0.717, 1.165) is 0 Å². The van der Waals surface area contributed by atoms with Gasteiger partial charge in [0.05, 0.1) is 0 Å². The van der Waals surface area contributed by atoms with E-state index in [0.29, 0.717) is 0 Å². The van der Waals surface area contributed by atoms with Crippen molar-refractivity contribution < 1.29 is 0 Å². The molecule has 1 saturated heterocycles. The highest BCUT2D eigenvalue weighted by Gasteiger charge is 2.49. The third-order valence-electron chi connectivity index (χ3n) is 5.05. The van der Waals surface area contributed by atoms with Gasteiger partial charge in [0, 0.05) is 30.2 Å². The predicted molar refractivity (Wildman–Crippen MR) is 81.8 cm³/mol. The van der Waals surface area contributed by atoms with Crippen molar-refractivity contribution in [2.45, 2.75) is 57.4 Å². The van der Waals surface area contributed by atoms with E-state index in [1.165, 1.54) is 62.0 Å². The van der Waals surface area contributed by atoms with Gasteiger partial charge in [-0.3, -0.25) is 0 Å². The molecule has 0 radical (unpaired) electrons. The topological polar surface area (TPSA) is 29.3 Å². The summed E-state index contributed by atoms with van der Waals surface area (Å²) in [4.78, 5) is 2.58. The van der Waals surface area contributed by atoms with Gasteiger partial charge >= 0.3 is 0 Å². The number of anilines is 1. The van der Waals surface area contributed by atoms with Crippen molar-refractivity contribution in [3.63, 3.8) is 0 Å². The maximum atomic E-state index is 6.29. The molecule has 104 valence electrons. The zero-order chi connectivity index (χ0) is 13.5. The van der Waals surface area contributed by atoms with E-state index in [1.807, 2.05) is 0 Å². The van der Waals surface area contributed by atoms with Crippen LogP contribution in [0.4, 0.5) is 5.69 Å². The summed E-state index contributed by atoms with van der Waals surface area (Å²) in [6, 6.07) is 7.24. The van der Waals surface area contributed by atoms with Crippen LogP contribution >= 0.6 is 0 Å². The van der Waals surface area contributed by atoms with E-state index < -0.39 is 0 Å². The molecule has 2 heteroatoms. The number of nitrogens with zero attached hydrogens (tertiary/aromatic N) is 1. The first-order valence-electron chi connectivity index (χ1n) is 7.75. The Morgan fingerprint density at radius 2 is 1.84 bits per heavy atom. The predicted octanol–water partition coefficient (Wildman–Crippen LogP) is 3.36. The van der Waals surface area contributed by atoms with E-state index in [9.17, 15) is 0 Å². The van der Waals surface area contributed by atoms with Gasteiger partial charge in [0.25, 0.3) is 0 Å². The Bertz CT molecular complexity index is 454. The Balaban J connectivity index is 2.00. The first-order chi connectivity index (χ1) is 9.13. The molecular formula is C17H26N2. The van der Waals surface area contributed by atoms with E-state index in [1.54, 1.807) is 0 Å². The van der Waals surface area contributed by atoms with Crippen LogP contribution in [-0.4, -0.2) is 19.1 Å². The average molecular weight is 258 g/mol. The first kappa shape index (κ1) is 13.0. The molecule has 1 atom stereocenters. The Hall–Kier alpha value is -1.02. The van der Waals surface area contributed by atoms with Crippen molar-refractivity contribution in [2.75, 3.05) is 18.0 Å². The second kappa shape index (κ2) is 4.82. The fourth-order valence-electron chi connectivity index (χ4n) is 3.56. The van der Waals surface area contributed by atoms with Gasteiger partial charge in [-0.25, -0.2) is 0 Å². The fourth-order valence-corrected chi connectivity index (χ4v) is 3.56. The minimum Gasteiger partial charge on any atom is -0.371 e. The van der Waals surface area contributed by atoms with Crippen LogP contribution in [0.15, 0.2) is 18.2 Å². The smallest absolute Gasteiger partial charge is 0.0405 e. The fraction of sp³-hybridized carbons (Fsp3) is 0.647. The molecule has 3 rings (SSSR count). The van der Waals surface area contributed by atoms with Crippen molar-refractivity contribution >= 4 is 5.69 Å². The maximum absolute atomic E-state index is 6.29. The zero-order valence-corrected chi connectivity index (χ0v) is 12.3. The molecule has 0 amide bonds. The van der Waals surface area contributed by atoms with Gasteiger partial charge in [-0.2, -0.15) is 0 Å². The summed E-state index contributed by atoms with van der Waals surface area (Å²) in [5, 5.41) is 0. The van der Waals surface area contributed by atoms with Crippen LogP contribution in [0.1, 0.15) is 50.2 Å². The molecule has 1 aromatic rings. The largest absolute Gasteiger partial charge is 0.371 e. The van der Waals surface area contributed by atoms with Crippen LogP contribution in [0, 0.1) is 6.92 Å². The molecule has 0 aromatic heterocycles. The van der Waals surface area contributed by atoms with Crippen molar-refractivity contribution in [1.82, 2.24) is 0 Å². The van der Waals surface area contributed by atoms with E-state index in [-0.39, 0.29) is 11.5 Å². The van der Waals surface area contributed by atoms with Gasteiger partial charge in [-0.15, -0.1) is 0 Å². The average Bonchev–Trinajstić information content (AvgIpc) is 3.21. The summed E-state index contributed by atoms with van der Waals surface area (Å²) < 4.78 is 0. The highest BCUT2D eigenvalue weighted by Crippen LogP contribution is 2.53. The van der Waals surface area contributed by atoms with Crippen LogP contribution in [0.5, 0.6) is 0 Å². The van der Waals surface area contributed by atoms with E-state index in [2.05, 4.69) is 36.9 Å². The Morgan fingerprint density at radius 3 is 2.42 bits per heavy atom. The van der Waals surface area contributed by atoms with Crippen LogP contribution in [-0.2, 0) is 5.41 Å². The number of piperidine rings is 1. The second-order valence-electron chi connectivity index (χ2n) is 6.51. The second-order valence-corrected chi connectivity index (χ2v) is 6.51. The Labute approximate surface area is 117 Å². The highest BCUT2D eigenvalue weighted by molar-refractivity contribution is 5.60. The van der Waals surface area contributed by atoms with Gasteiger partial charge in [0.2, 0.25) is 0 Å². The lowest BCUT2D eigenvalue weighted by atomic mass is 9.86. The number of hydrogen-bond acceptors (Lipinski definition) is 2. The molecule has 1 saturated carbocycles. The van der Waals surface area contributed by atoms with Crippen molar-refractivity contribution in [1.29, 1.82) is 0 Å². The van der Waals surface area contributed by atoms with Gasteiger partial charge in [-0.05, 0) is 57.6 Å². The quantitative estimate of drug-likeness (QED) is 0.900. The highest BCUT2D eigenvalue weighted by atomic mass is 15.1. The molecule has 0 spiro atoms. The first-order valence-corrected chi connectivity index (χ1v) is 7.75. The lowest BCUT2D eigenvalue weighted by Crippen LogP contribution is -2.36. The van der Waals surface area contributed by atoms with Crippen LogP contribution < -0.4 is 10.6 Å².